The lowest BCUT2D eigenvalue weighted by atomic mass is 10.0. The molecule has 0 bridgehead atoms. The SMILES string of the molecule is CC(C)(C)n1c2ccccc2c2cc(-c3ccccc3)ccc21. The zero-order valence-electron chi connectivity index (χ0n) is 13.9. The molecule has 0 amide bonds. The first-order valence-electron chi connectivity index (χ1n) is 8.15. The van der Waals surface area contributed by atoms with Crippen molar-refractivity contribution in [1.82, 2.24) is 4.57 Å². The summed E-state index contributed by atoms with van der Waals surface area (Å²) in [5.41, 5.74) is 5.20. The van der Waals surface area contributed by atoms with Crippen molar-refractivity contribution >= 4 is 21.8 Å². The van der Waals surface area contributed by atoms with E-state index in [9.17, 15) is 0 Å². The van der Waals surface area contributed by atoms with Crippen molar-refractivity contribution in [3.05, 3.63) is 72.8 Å². The number of fused-ring (bicyclic) bond motifs is 3. The summed E-state index contributed by atoms with van der Waals surface area (Å²) in [6.07, 6.45) is 0. The molecule has 3 aromatic carbocycles. The molecule has 4 aromatic rings. The van der Waals surface area contributed by atoms with Crippen LogP contribution in [0.25, 0.3) is 32.9 Å². The van der Waals surface area contributed by atoms with Crippen molar-refractivity contribution in [1.29, 1.82) is 0 Å². The highest BCUT2D eigenvalue weighted by Gasteiger charge is 2.20. The Morgan fingerprint density at radius 2 is 1.26 bits per heavy atom. The maximum Gasteiger partial charge on any atom is 0.0496 e. The predicted octanol–water partition coefficient (Wildman–Crippen LogP) is 6.22. The molecule has 0 N–H and O–H groups in total. The second kappa shape index (κ2) is 4.99. The van der Waals surface area contributed by atoms with E-state index in [0.29, 0.717) is 0 Å². The van der Waals surface area contributed by atoms with Gasteiger partial charge in [-0.1, -0.05) is 54.6 Å². The average Bonchev–Trinajstić information content (AvgIpc) is 2.89. The van der Waals surface area contributed by atoms with E-state index in [1.807, 2.05) is 0 Å². The van der Waals surface area contributed by atoms with E-state index in [-0.39, 0.29) is 5.54 Å². The maximum absolute atomic E-state index is 2.45. The minimum atomic E-state index is 0.0512. The number of aromatic nitrogens is 1. The summed E-state index contributed by atoms with van der Waals surface area (Å²) >= 11 is 0. The standard InChI is InChI=1S/C22H21N/c1-22(2,3)23-20-12-8-7-11-18(20)19-15-17(13-14-21(19)23)16-9-5-4-6-10-16/h4-15H,1-3H3. The van der Waals surface area contributed by atoms with Gasteiger partial charge in [0.05, 0.1) is 0 Å². The Kier molecular flexibility index (Phi) is 3.05. The zero-order valence-corrected chi connectivity index (χ0v) is 13.9. The molecular formula is C22H21N. The summed E-state index contributed by atoms with van der Waals surface area (Å²) < 4.78 is 2.45. The van der Waals surface area contributed by atoms with Crippen LogP contribution >= 0.6 is 0 Å². The van der Waals surface area contributed by atoms with Gasteiger partial charge in [0, 0.05) is 27.3 Å². The molecule has 0 spiro atoms. The van der Waals surface area contributed by atoms with Gasteiger partial charge in [-0.25, -0.2) is 0 Å². The Morgan fingerprint density at radius 3 is 2.00 bits per heavy atom. The van der Waals surface area contributed by atoms with E-state index in [0.717, 1.165) is 0 Å². The van der Waals surface area contributed by atoms with Crippen molar-refractivity contribution in [2.45, 2.75) is 26.3 Å². The van der Waals surface area contributed by atoms with Crippen LogP contribution in [0.15, 0.2) is 72.8 Å². The molecule has 0 aliphatic carbocycles. The molecule has 0 aliphatic rings. The lowest BCUT2D eigenvalue weighted by Gasteiger charge is -2.24. The number of hydrogen-bond donors (Lipinski definition) is 0. The Balaban J connectivity index is 2.08. The average molecular weight is 299 g/mol. The van der Waals surface area contributed by atoms with Crippen LogP contribution in [-0.2, 0) is 5.54 Å². The van der Waals surface area contributed by atoms with E-state index >= 15 is 0 Å². The molecule has 1 heteroatoms. The summed E-state index contributed by atoms with van der Waals surface area (Å²) in [6, 6.07) is 26.1. The first kappa shape index (κ1) is 14.1. The Hall–Kier alpha value is -2.54. The first-order chi connectivity index (χ1) is 11.1. The summed E-state index contributed by atoms with van der Waals surface area (Å²) in [5, 5.41) is 2.66. The van der Waals surface area contributed by atoms with Gasteiger partial charge in [-0.2, -0.15) is 0 Å². The van der Waals surface area contributed by atoms with E-state index < -0.39 is 0 Å². The maximum atomic E-state index is 2.45. The topological polar surface area (TPSA) is 4.93 Å². The predicted molar refractivity (Wildman–Crippen MR) is 99.9 cm³/mol. The summed E-state index contributed by atoms with van der Waals surface area (Å²) in [7, 11) is 0. The quantitative estimate of drug-likeness (QED) is 0.393. The molecule has 0 aliphatic heterocycles. The molecule has 0 atom stereocenters. The smallest absolute Gasteiger partial charge is 0.0496 e. The third-order valence-electron chi connectivity index (χ3n) is 4.45. The molecular weight excluding hydrogens is 278 g/mol. The molecule has 0 unspecified atom stereocenters. The second-order valence-electron chi connectivity index (χ2n) is 7.12. The van der Waals surface area contributed by atoms with Gasteiger partial charge in [0.2, 0.25) is 0 Å². The Labute approximate surface area is 137 Å². The van der Waals surface area contributed by atoms with Gasteiger partial charge in [-0.15, -0.1) is 0 Å². The van der Waals surface area contributed by atoms with Gasteiger partial charge in [0.15, 0.2) is 0 Å². The fourth-order valence-electron chi connectivity index (χ4n) is 3.51. The van der Waals surface area contributed by atoms with E-state index in [2.05, 4.69) is 98.1 Å². The van der Waals surface area contributed by atoms with Gasteiger partial charge >= 0.3 is 0 Å². The molecule has 114 valence electrons. The highest BCUT2D eigenvalue weighted by atomic mass is 15.0. The monoisotopic (exact) mass is 299 g/mol. The number of para-hydroxylation sites is 1. The third kappa shape index (κ3) is 2.24. The minimum Gasteiger partial charge on any atom is -0.335 e. The third-order valence-corrected chi connectivity index (χ3v) is 4.45. The van der Waals surface area contributed by atoms with Gasteiger partial charge in [-0.3, -0.25) is 0 Å². The number of rotatable bonds is 1. The van der Waals surface area contributed by atoms with Gasteiger partial charge in [-0.05, 0) is 50.1 Å². The van der Waals surface area contributed by atoms with Gasteiger partial charge in [0.25, 0.3) is 0 Å². The van der Waals surface area contributed by atoms with E-state index in [4.69, 9.17) is 0 Å². The summed E-state index contributed by atoms with van der Waals surface area (Å²) in [5.74, 6) is 0. The van der Waals surface area contributed by atoms with Crippen LogP contribution in [0.1, 0.15) is 20.8 Å². The molecule has 1 nitrogen and oxygen atoms in total. The van der Waals surface area contributed by atoms with E-state index in [1.165, 1.54) is 32.9 Å². The lowest BCUT2D eigenvalue weighted by molar-refractivity contribution is 0.423. The normalized spacial score (nSPS) is 12.1. The fourth-order valence-corrected chi connectivity index (χ4v) is 3.51. The summed E-state index contributed by atoms with van der Waals surface area (Å²) in [6.45, 7) is 6.80. The molecule has 0 saturated heterocycles. The van der Waals surface area contributed by atoms with Crippen molar-refractivity contribution in [2.75, 3.05) is 0 Å². The molecule has 0 radical (unpaired) electrons. The molecule has 1 aromatic heterocycles. The number of hydrogen-bond acceptors (Lipinski definition) is 0. The largest absolute Gasteiger partial charge is 0.335 e. The van der Waals surface area contributed by atoms with Crippen molar-refractivity contribution in [3.63, 3.8) is 0 Å². The van der Waals surface area contributed by atoms with Crippen molar-refractivity contribution < 1.29 is 0 Å². The highest BCUT2D eigenvalue weighted by Crippen LogP contribution is 2.36. The van der Waals surface area contributed by atoms with Crippen LogP contribution < -0.4 is 0 Å². The minimum absolute atomic E-state index is 0.0512. The van der Waals surface area contributed by atoms with Crippen molar-refractivity contribution in [3.8, 4) is 11.1 Å². The van der Waals surface area contributed by atoms with Gasteiger partial charge in [0.1, 0.15) is 0 Å². The van der Waals surface area contributed by atoms with Crippen LogP contribution in [0.4, 0.5) is 0 Å². The lowest BCUT2D eigenvalue weighted by Crippen LogP contribution is -2.21. The van der Waals surface area contributed by atoms with E-state index in [1.54, 1.807) is 0 Å². The number of nitrogens with zero attached hydrogens (tertiary/aromatic N) is 1. The van der Waals surface area contributed by atoms with Gasteiger partial charge < -0.3 is 4.57 Å². The van der Waals surface area contributed by atoms with Crippen LogP contribution in [0, 0.1) is 0 Å². The Morgan fingerprint density at radius 1 is 0.609 bits per heavy atom. The van der Waals surface area contributed by atoms with Crippen LogP contribution in [0.3, 0.4) is 0 Å². The number of benzene rings is 3. The summed E-state index contributed by atoms with van der Waals surface area (Å²) in [4.78, 5) is 0. The van der Waals surface area contributed by atoms with Crippen LogP contribution in [0.5, 0.6) is 0 Å². The molecule has 0 saturated carbocycles. The second-order valence-corrected chi connectivity index (χ2v) is 7.12. The van der Waals surface area contributed by atoms with Crippen LogP contribution in [-0.4, -0.2) is 4.57 Å². The highest BCUT2D eigenvalue weighted by molar-refractivity contribution is 6.09. The molecule has 1 heterocycles. The first-order valence-corrected chi connectivity index (χ1v) is 8.15. The molecule has 23 heavy (non-hydrogen) atoms. The Bertz CT molecular complexity index is 985. The molecule has 4 rings (SSSR count). The fraction of sp³-hybridized carbons (Fsp3) is 0.182. The zero-order chi connectivity index (χ0) is 16.0. The van der Waals surface area contributed by atoms with Crippen LogP contribution in [0.2, 0.25) is 0 Å². The molecule has 0 fully saturated rings. The van der Waals surface area contributed by atoms with Crippen molar-refractivity contribution in [2.24, 2.45) is 0 Å².